The number of aliphatic hydroxyl groups excluding tert-OH is 1. The zero-order valence-corrected chi connectivity index (χ0v) is 12.7. The Balaban J connectivity index is 0.000000287. The van der Waals surface area contributed by atoms with E-state index in [1.54, 1.807) is 0 Å². The fraction of sp³-hybridized carbons (Fsp3) is 0.364. The molecule has 1 heterocycles. The number of hydrogen-bond donors (Lipinski definition) is 2. The number of hydrogen-bond acceptors (Lipinski definition) is 8. The molecule has 120 valence electrons. The normalized spacial score (nSPS) is 14.6. The maximum absolute atomic E-state index is 10.5. The molecule has 2 N–H and O–H groups in total. The Morgan fingerprint density at radius 2 is 1.55 bits per heavy atom. The molecule has 0 bridgehead atoms. The van der Waals surface area contributed by atoms with Crippen LogP contribution < -0.4 is 0 Å². The summed E-state index contributed by atoms with van der Waals surface area (Å²) in [6, 6.07) is 2.22. The summed E-state index contributed by atoms with van der Waals surface area (Å²) in [6.45, 7) is 0. The van der Waals surface area contributed by atoms with E-state index in [1.165, 1.54) is 0 Å². The predicted octanol–water partition coefficient (Wildman–Crippen LogP) is 1.99. The average Bonchev–Trinajstić information content (AvgIpc) is 2.48. The third-order valence-corrected chi connectivity index (χ3v) is 4.93. The molecule has 1 fully saturated rings. The van der Waals surface area contributed by atoms with Crippen LogP contribution in [0.5, 0.6) is 0 Å². The fourth-order valence-electron chi connectivity index (χ4n) is 1.40. The highest BCUT2D eigenvalue weighted by molar-refractivity contribution is 8.16. The second-order valence-electron chi connectivity index (χ2n) is 4.07. The summed E-state index contributed by atoms with van der Waals surface area (Å²) < 4.78 is 0. The van der Waals surface area contributed by atoms with Gasteiger partial charge in [-0.25, -0.2) is 4.79 Å². The van der Waals surface area contributed by atoms with E-state index in [9.17, 15) is 25.0 Å². The molecular weight excluding hydrogens is 336 g/mol. The minimum atomic E-state index is -1.46. The number of nitro benzene ring substituents is 2. The minimum absolute atomic E-state index is 0.0382. The van der Waals surface area contributed by atoms with Crippen molar-refractivity contribution < 1.29 is 24.9 Å². The lowest BCUT2D eigenvalue weighted by atomic mass is 10.2. The van der Waals surface area contributed by atoms with E-state index in [1.807, 2.05) is 23.5 Å². The van der Waals surface area contributed by atoms with Gasteiger partial charge in [-0.3, -0.25) is 20.2 Å². The maximum atomic E-state index is 10.5. The zero-order chi connectivity index (χ0) is 16.7. The van der Waals surface area contributed by atoms with Crippen LogP contribution in [0.2, 0.25) is 0 Å². The van der Waals surface area contributed by atoms with E-state index in [0.717, 1.165) is 28.7 Å². The Bertz CT molecular complexity index is 497. The Labute approximate surface area is 133 Å². The van der Waals surface area contributed by atoms with Crippen molar-refractivity contribution in [2.24, 2.45) is 0 Å². The van der Waals surface area contributed by atoms with Crippen molar-refractivity contribution in [2.75, 3.05) is 16.6 Å². The van der Waals surface area contributed by atoms with Crippen LogP contribution in [0.1, 0.15) is 10.4 Å². The summed E-state index contributed by atoms with van der Waals surface area (Å²) in [5.74, 6) is 0.418. The smallest absolute Gasteiger partial charge is 0.336 e. The van der Waals surface area contributed by atoms with Gasteiger partial charge < -0.3 is 10.2 Å². The number of nitrogens with zero attached hydrogens (tertiary/aromatic N) is 2. The lowest BCUT2D eigenvalue weighted by Gasteiger charge is -2.14. The molecule has 11 heteroatoms. The molecule has 22 heavy (non-hydrogen) atoms. The third kappa shape index (κ3) is 5.87. The van der Waals surface area contributed by atoms with Crippen LogP contribution in [0.4, 0.5) is 11.4 Å². The molecule has 0 atom stereocenters. The van der Waals surface area contributed by atoms with Crippen LogP contribution in [0.25, 0.3) is 0 Å². The second-order valence-corrected chi connectivity index (χ2v) is 6.50. The molecular formula is C11H12N2O7S2. The second kappa shape index (κ2) is 8.56. The summed E-state index contributed by atoms with van der Waals surface area (Å²) >= 11 is 3.63. The number of carbonyl (C=O) groups is 1. The first-order valence-corrected chi connectivity index (χ1v) is 8.13. The standard InChI is InChI=1S/C7H4N2O6.C4H8OS2/c10-7(11)4-1-5(8(12)13)3-6(2-4)9(14)15;5-4-1-6-3-7-2-4/h1-3H,(H,10,11);4-5H,1-3H2. The highest BCUT2D eigenvalue weighted by Crippen LogP contribution is 2.22. The van der Waals surface area contributed by atoms with Crippen LogP contribution in [0, 0.1) is 20.2 Å². The SMILES string of the molecule is O=C(O)c1cc([N+](=O)[O-])cc([N+](=O)[O-])c1.OC1CSCSC1. The lowest BCUT2D eigenvalue weighted by Crippen LogP contribution is -2.16. The predicted molar refractivity (Wildman–Crippen MR) is 82.5 cm³/mol. The van der Waals surface area contributed by atoms with Gasteiger partial charge in [0.15, 0.2) is 0 Å². The van der Waals surface area contributed by atoms with Gasteiger partial charge in [-0.1, -0.05) is 0 Å². The first-order valence-electron chi connectivity index (χ1n) is 5.82. The summed E-state index contributed by atoms with van der Waals surface area (Å²) in [4.78, 5) is 29.4. The highest BCUT2D eigenvalue weighted by Gasteiger charge is 2.19. The van der Waals surface area contributed by atoms with Crippen molar-refractivity contribution in [3.8, 4) is 0 Å². The van der Waals surface area contributed by atoms with E-state index < -0.39 is 32.8 Å². The average molecular weight is 348 g/mol. The largest absolute Gasteiger partial charge is 0.478 e. The number of nitro groups is 2. The van der Waals surface area contributed by atoms with Crippen molar-refractivity contribution in [1.29, 1.82) is 0 Å². The van der Waals surface area contributed by atoms with Crippen molar-refractivity contribution in [2.45, 2.75) is 6.10 Å². The molecule has 0 amide bonds. The van der Waals surface area contributed by atoms with Crippen LogP contribution >= 0.6 is 23.5 Å². The molecule has 0 saturated carbocycles. The number of rotatable bonds is 3. The molecule has 1 aliphatic rings. The molecule has 1 aromatic rings. The zero-order valence-electron chi connectivity index (χ0n) is 11.1. The van der Waals surface area contributed by atoms with Gasteiger partial charge in [0, 0.05) is 28.7 Å². The molecule has 0 radical (unpaired) electrons. The molecule has 0 unspecified atom stereocenters. The number of aliphatic hydroxyl groups is 1. The first kappa shape index (κ1) is 18.2. The van der Waals surface area contributed by atoms with E-state index in [4.69, 9.17) is 10.2 Å². The van der Waals surface area contributed by atoms with Crippen molar-refractivity contribution in [3.63, 3.8) is 0 Å². The van der Waals surface area contributed by atoms with Crippen LogP contribution in [-0.2, 0) is 0 Å². The van der Waals surface area contributed by atoms with Crippen molar-refractivity contribution in [1.82, 2.24) is 0 Å². The van der Waals surface area contributed by atoms with Crippen LogP contribution in [-0.4, -0.2) is 48.7 Å². The topological polar surface area (TPSA) is 144 Å². The fourth-order valence-corrected chi connectivity index (χ4v) is 3.58. The number of thioether (sulfide) groups is 2. The van der Waals surface area contributed by atoms with E-state index in [0.29, 0.717) is 6.07 Å². The number of carboxylic acids is 1. The van der Waals surface area contributed by atoms with E-state index in [-0.39, 0.29) is 6.10 Å². The summed E-state index contributed by atoms with van der Waals surface area (Å²) in [5, 5.41) is 39.3. The monoisotopic (exact) mass is 348 g/mol. The molecule has 9 nitrogen and oxygen atoms in total. The van der Waals surface area contributed by atoms with Crippen LogP contribution in [0.15, 0.2) is 18.2 Å². The van der Waals surface area contributed by atoms with Gasteiger partial charge in [-0.15, -0.1) is 23.5 Å². The first-order chi connectivity index (χ1) is 10.3. The number of carboxylic acid groups (broad SMARTS) is 1. The Kier molecular flexibility index (Phi) is 7.08. The molecule has 1 saturated heterocycles. The summed E-state index contributed by atoms with van der Waals surface area (Å²) in [6.07, 6.45) is -0.0382. The van der Waals surface area contributed by atoms with Gasteiger partial charge in [-0.2, -0.15) is 0 Å². The molecule has 0 aliphatic carbocycles. The van der Waals surface area contributed by atoms with Gasteiger partial charge in [0.2, 0.25) is 0 Å². The van der Waals surface area contributed by atoms with Gasteiger partial charge in [0.1, 0.15) is 0 Å². The molecule has 2 rings (SSSR count). The van der Waals surface area contributed by atoms with Crippen molar-refractivity contribution >= 4 is 40.9 Å². The number of aromatic carboxylic acids is 1. The Morgan fingerprint density at radius 3 is 1.82 bits per heavy atom. The van der Waals surface area contributed by atoms with E-state index >= 15 is 0 Å². The maximum Gasteiger partial charge on any atom is 0.336 e. The molecule has 0 spiro atoms. The Hall–Kier alpha value is -1.85. The minimum Gasteiger partial charge on any atom is -0.478 e. The van der Waals surface area contributed by atoms with Gasteiger partial charge in [-0.05, 0) is 0 Å². The lowest BCUT2D eigenvalue weighted by molar-refractivity contribution is -0.394. The third-order valence-electron chi connectivity index (χ3n) is 2.36. The number of benzene rings is 1. The van der Waals surface area contributed by atoms with Crippen molar-refractivity contribution in [3.05, 3.63) is 44.0 Å². The quantitative estimate of drug-likeness (QED) is 0.618. The molecule has 1 aliphatic heterocycles. The molecule has 0 aromatic heterocycles. The van der Waals surface area contributed by atoms with Crippen LogP contribution in [0.3, 0.4) is 0 Å². The van der Waals surface area contributed by atoms with E-state index in [2.05, 4.69) is 0 Å². The van der Waals surface area contributed by atoms with Gasteiger partial charge >= 0.3 is 5.97 Å². The summed E-state index contributed by atoms with van der Waals surface area (Å²) in [5.41, 5.74) is -1.74. The van der Waals surface area contributed by atoms with Gasteiger partial charge in [0.05, 0.1) is 27.6 Å². The molecule has 1 aromatic carbocycles. The summed E-state index contributed by atoms with van der Waals surface area (Å²) in [7, 11) is 0. The Morgan fingerprint density at radius 1 is 1.09 bits per heavy atom. The highest BCUT2D eigenvalue weighted by atomic mass is 32.2. The number of non-ortho nitro benzene ring substituents is 2. The van der Waals surface area contributed by atoms with Gasteiger partial charge in [0.25, 0.3) is 11.4 Å².